The summed E-state index contributed by atoms with van der Waals surface area (Å²) in [6.45, 7) is 0. The Morgan fingerprint density at radius 3 is 2.93 bits per heavy atom. The van der Waals surface area contributed by atoms with Gasteiger partial charge in [-0.3, -0.25) is 4.99 Å². The minimum atomic E-state index is 0.458. The number of pyridine rings is 1. The molecule has 0 aromatic carbocycles. The van der Waals surface area contributed by atoms with Crippen LogP contribution in [-0.2, 0) is 6.42 Å². The van der Waals surface area contributed by atoms with Crippen LogP contribution >= 0.6 is 11.6 Å². The third-order valence-corrected chi connectivity index (χ3v) is 1.89. The lowest BCUT2D eigenvalue weighted by molar-refractivity contribution is 0.322. The van der Waals surface area contributed by atoms with Crippen molar-refractivity contribution in [3.05, 3.63) is 29.0 Å². The summed E-state index contributed by atoms with van der Waals surface area (Å²) in [5, 5.41) is 11.7. The van der Waals surface area contributed by atoms with Gasteiger partial charge in [0.1, 0.15) is 5.15 Å². The molecule has 5 heteroatoms. The molecule has 1 aromatic rings. The van der Waals surface area contributed by atoms with Crippen LogP contribution in [-0.4, -0.2) is 29.2 Å². The number of halogens is 1. The number of aliphatic imine (C=N–C) groups is 1. The van der Waals surface area contributed by atoms with Crippen LogP contribution in [0.3, 0.4) is 0 Å². The van der Waals surface area contributed by atoms with Crippen LogP contribution in [0.2, 0.25) is 5.15 Å². The first-order valence-electron chi connectivity index (χ1n) is 3.99. The van der Waals surface area contributed by atoms with Crippen molar-refractivity contribution in [3.63, 3.8) is 0 Å². The Morgan fingerprint density at radius 2 is 2.43 bits per heavy atom. The van der Waals surface area contributed by atoms with E-state index in [-0.39, 0.29) is 0 Å². The Bertz CT molecular complexity index is 346. The summed E-state index contributed by atoms with van der Waals surface area (Å²) in [6, 6.07) is 3.56. The lowest BCUT2D eigenvalue weighted by atomic mass is 10.1. The molecule has 0 amide bonds. The van der Waals surface area contributed by atoms with E-state index >= 15 is 0 Å². The van der Waals surface area contributed by atoms with Crippen molar-refractivity contribution in [2.24, 2.45) is 10.1 Å². The van der Waals surface area contributed by atoms with E-state index in [2.05, 4.69) is 15.1 Å². The molecule has 0 spiro atoms. The van der Waals surface area contributed by atoms with Crippen LogP contribution in [0, 0.1) is 0 Å². The highest BCUT2D eigenvalue weighted by atomic mass is 35.5. The Labute approximate surface area is 87.0 Å². The van der Waals surface area contributed by atoms with Crippen LogP contribution in [0.15, 0.2) is 28.5 Å². The highest BCUT2D eigenvalue weighted by Crippen LogP contribution is 2.06. The molecule has 0 aliphatic carbocycles. The lowest BCUT2D eigenvalue weighted by Gasteiger charge is -1.99. The molecule has 1 aromatic heterocycles. The monoisotopic (exact) mass is 211 g/mol. The van der Waals surface area contributed by atoms with Gasteiger partial charge in [0, 0.05) is 19.7 Å². The van der Waals surface area contributed by atoms with Crippen LogP contribution in [0.1, 0.15) is 5.56 Å². The van der Waals surface area contributed by atoms with Crippen LogP contribution in [0.25, 0.3) is 0 Å². The number of hydrogen-bond acceptors (Lipinski definition) is 4. The molecular formula is C9H10ClN3O. The van der Waals surface area contributed by atoms with Crippen LogP contribution in [0.4, 0.5) is 0 Å². The summed E-state index contributed by atoms with van der Waals surface area (Å²) in [5.41, 5.74) is 1.64. The van der Waals surface area contributed by atoms with Gasteiger partial charge in [0.05, 0.1) is 11.9 Å². The van der Waals surface area contributed by atoms with Gasteiger partial charge in [0.25, 0.3) is 0 Å². The summed E-state index contributed by atoms with van der Waals surface area (Å²) >= 11 is 5.64. The molecule has 1 N–H and O–H groups in total. The topological polar surface area (TPSA) is 57.8 Å². The van der Waals surface area contributed by atoms with Gasteiger partial charge in [-0.1, -0.05) is 22.8 Å². The molecule has 0 aliphatic rings. The normalized spacial score (nSPS) is 12.3. The van der Waals surface area contributed by atoms with Gasteiger partial charge < -0.3 is 5.21 Å². The molecular weight excluding hydrogens is 202 g/mol. The quantitative estimate of drug-likeness (QED) is 0.359. The zero-order chi connectivity index (χ0) is 10.4. The first-order valence-corrected chi connectivity index (χ1v) is 4.37. The average Bonchev–Trinajstić information content (AvgIpc) is 2.20. The van der Waals surface area contributed by atoms with E-state index in [1.165, 1.54) is 6.21 Å². The second-order valence-electron chi connectivity index (χ2n) is 2.63. The third kappa shape index (κ3) is 3.14. The second kappa shape index (κ2) is 5.34. The van der Waals surface area contributed by atoms with Gasteiger partial charge in [0.2, 0.25) is 0 Å². The van der Waals surface area contributed by atoms with Crippen LogP contribution < -0.4 is 0 Å². The third-order valence-electron chi connectivity index (χ3n) is 1.67. The van der Waals surface area contributed by atoms with Gasteiger partial charge in [-0.25, -0.2) is 4.98 Å². The van der Waals surface area contributed by atoms with Gasteiger partial charge in [0.15, 0.2) is 0 Å². The van der Waals surface area contributed by atoms with Gasteiger partial charge >= 0.3 is 0 Å². The van der Waals surface area contributed by atoms with E-state index in [0.29, 0.717) is 17.3 Å². The van der Waals surface area contributed by atoms with E-state index in [1.807, 2.05) is 6.07 Å². The standard InChI is InChI=1S/C9H10ClN3O/c1-11-8(6-13-14)4-7-2-3-9(10)12-5-7/h2-3,5-6,14H,4H2,1H3. The van der Waals surface area contributed by atoms with E-state index in [9.17, 15) is 0 Å². The maximum Gasteiger partial charge on any atom is 0.129 e. The fraction of sp³-hybridized carbons (Fsp3) is 0.222. The molecule has 0 bridgehead atoms. The van der Waals surface area contributed by atoms with Crippen molar-refractivity contribution in [2.45, 2.75) is 6.42 Å². The highest BCUT2D eigenvalue weighted by molar-refractivity contribution is 6.31. The molecule has 0 radical (unpaired) electrons. The predicted molar refractivity (Wildman–Crippen MR) is 56.6 cm³/mol. The molecule has 0 fully saturated rings. The number of rotatable bonds is 3. The van der Waals surface area contributed by atoms with Gasteiger partial charge in [-0.05, 0) is 11.6 Å². The van der Waals surface area contributed by atoms with Crippen LogP contribution in [0.5, 0.6) is 0 Å². The Balaban J connectivity index is 2.73. The number of oxime groups is 1. The molecule has 14 heavy (non-hydrogen) atoms. The molecule has 0 atom stereocenters. The zero-order valence-corrected chi connectivity index (χ0v) is 8.44. The summed E-state index contributed by atoms with van der Waals surface area (Å²) in [7, 11) is 1.64. The van der Waals surface area contributed by atoms with Crippen molar-refractivity contribution in [1.82, 2.24) is 4.98 Å². The number of hydrogen-bond donors (Lipinski definition) is 1. The maximum absolute atomic E-state index is 8.34. The molecule has 0 aliphatic heterocycles. The number of nitrogens with zero attached hydrogens (tertiary/aromatic N) is 3. The van der Waals surface area contributed by atoms with Crippen molar-refractivity contribution >= 4 is 23.5 Å². The van der Waals surface area contributed by atoms with Gasteiger partial charge in [-0.2, -0.15) is 0 Å². The van der Waals surface area contributed by atoms with Crippen molar-refractivity contribution in [1.29, 1.82) is 0 Å². The maximum atomic E-state index is 8.34. The minimum absolute atomic E-state index is 0.458. The fourth-order valence-corrected chi connectivity index (χ4v) is 1.08. The zero-order valence-electron chi connectivity index (χ0n) is 7.68. The van der Waals surface area contributed by atoms with Crippen molar-refractivity contribution in [3.8, 4) is 0 Å². The lowest BCUT2D eigenvalue weighted by Crippen LogP contribution is -2.04. The average molecular weight is 212 g/mol. The summed E-state index contributed by atoms with van der Waals surface area (Å²) in [6.07, 6.45) is 3.54. The Hall–Kier alpha value is -1.42. The number of aromatic nitrogens is 1. The largest absolute Gasteiger partial charge is 0.411 e. The smallest absolute Gasteiger partial charge is 0.129 e. The van der Waals surface area contributed by atoms with E-state index in [0.717, 1.165) is 5.56 Å². The Morgan fingerprint density at radius 1 is 1.64 bits per heavy atom. The molecule has 0 saturated carbocycles. The first kappa shape index (κ1) is 10.7. The second-order valence-corrected chi connectivity index (χ2v) is 3.01. The molecule has 1 rings (SSSR count). The molecule has 1 heterocycles. The van der Waals surface area contributed by atoms with E-state index < -0.39 is 0 Å². The highest BCUT2D eigenvalue weighted by Gasteiger charge is 1.98. The molecule has 0 unspecified atom stereocenters. The first-order chi connectivity index (χ1) is 6.76. The fourth-order valence-electron chi connectivity index (χ4n) is 0.969. The molecule has 0 saturated heterocycles. The Kier molecular flexibility index (Phi) is 4.07. The SMILES string of the molecule is CN=C(C=NO)Cc1ccc(Cl)nc1. The van der Waals surface area contributed by atoms with Gasteiger partial charge in [-0.15, -0.1) is 0 Å². The predicted octanol–water partition coefficient (Wildman–Crippen LogP) is 1.81. The summed E-state index contributed by atoms with van der Waals surface area (Å²) < 4.78 is 0. The summed E-state index contributed by atoms with van der Waals surface area (Å²) in [5.74, 6) is 0. The molecule has 4 nitrogen and oxygen atoms in total. The van der Waals surface area contributed by atoms with Crippen molar-refractivity contribution in [2.75, 3.05) is 7.05 Å². The van der Waals surface area contributed by atoms with E-state index in [4.69, 9.17) is 16.8 Å². The minimum Gasteiger partial charge on any atom is -0.411 e. The van der Waals surface area contributed by atoms with E-state index in [1.54, 1.807) is 19.3 Å². The van der Waals surface area contributed by atoms with Crippen molar-refractivity contribution < 1.29 is 5.21 Å². The summed E-state index contributed by atoms with van der Waals surface area (Å²) in [4.78, 5) is 7.87. The molecule has 74 valence electrons.